The number of carbonyl (C=O) groups excluding carboxylic acids is 1. The second-order valence-corrected chi connectivity index (χ2v) is 5.95. The molecule has 1 heterocycles. The summed E-state index contributed by atoms with van der Waals surface area (Å²) < 4.78 is 16.1. The lowest BCUT2D eigenvalue weighted by Gasteiger charge is -2.44. The molecule has 0 spiro atoms. The zero-order valence-corrected chi connectivity index (χ0v) is 13.3. The number of amides is 1. The first kappa shape index (κ1) is 15.6. The maximum absolute atomic E-state index is 12.9. The molecule has 1 fully saturated rings. The van der Waals surface area contributed by atoms with Gasteiger partial charge >= 0.3 is 0 Å². The minimum absolute atomic E-state index is 0.0349. The second kappa shape index (κ2) is 5.93. The highest BCUT2D eigenvalue weighted by Gasteiger charge is 2.37. The predicted octanol–water partition coefficient (Wildman–Crippen LogP) is 2.34. The molecular formula is C16H23NO4. The topological polar surface area (TPSA) is 48.0 Å². The monoisotopic (exact) mass is 293 g/mol. The van der Waals surface area contributed by atoms with E-state index >= 15 is 0 Å². The van der Waals surface area contributed by atoms with Crippen molar-refractivity contribution >= 4 is 5.91 Å². The molecule has 5 nitrogen and oxygen atoms in total. The van der Waals surface area contributed by atoms with E-state index in [1.165, 1.54) is 0 Å². The zero-order valence-electron chi connectivity index (χ0n) is 13.3. The van der Waals surface area contributed by atoms with Gasteiger partial charge < -0.3 is 19.1 Å². The molecule has 1 aromatic rings. The van der Waals surface area contributed by atoms with Crippen LogP contribution in [0.15, 0.2) is 18.2 Å². The van der Waals surface area contributed by atoms with Crippen LogP contribution in [-0.2, 0) is 4.74 Å². The minimum Gasteiger partial charge on any atom is -0.497 e. The highest BCUT2D eigenvalue weighted by atomic mass is 16.5. The third kappa shape index (κ3) is 3.29. The zero-order chi connectivity index (χ0) is 15.6. The Hall–Kier alpha value is -1.75. The summed E-state index contributed by atoms with van der Waals surface area (Å²) in [6.07, 6.45) is 0.0366. The summed E-state index contributed by atoms with van der Waals surface area (Å²) in [5.41, 5.74) is 0.230. The first-order valence-electron chi connectivity index (χ1n) is 7.04. The Morgan fingerprint density at radius 3 is 2.33 bits per heavy atom. The van der Waals surface area contributed by atoms with E-state index in [1.54, 1.807) is 32.4 Å². The summed E-state index contributed by atoms with van der Waals surface area (Å²) in [6, 6.07) is 5.23. The molecular weight excluding hydrogens is 270 g/mol. The number of morpholine rings is 1. The van der Waals surface area contributed by atoms with E-state index in [0.717, 1.165) is 0 Å². The maximum Gasteiger partial charge on any atom is 0.254 e. The highest BCUT2D eigenvalue weighted by molar-refractivity contribution is 5.95. The third-order valence-electron chi connectivity index (χ3n) is 3.74. The van der Waals surface area contributed by atoms with Crippen LogP contribution in [0.25, 0.3) is 0 Å². The average Bonchev–Trinajstić information content (AvgIpc) is 2.48. The Kier molecular flexibility index (Phi) is 4.42. The van der Waals surface area contributed by atoms with E-state index in [0.29, 0.717) is 30.2 Å². The molecule has 21 heavy (non-hydrogen) atoms. The molecule has 0 aliphatic carbocycles. The number of ether oxygens (including phenoxy) is 3. The van der Waals surface area contributed by atoms with Crippen LogP contribution >= 0.6 is 0 Å². The molecule has 0 aromatic heterocycles. The van der Waals surface area contributed by atoms with Gasteiger partial charge in [-0.05, 0) is 32.9 Å². The summed E-state index contributed by atoms with van der Waals surface area (Å²) in [7, 11) is 3.15. The quantitative estimate of drug-likeness (QED) is 0.858. The summed E-state index contributed by atoms with van der Waals surface area (Å²) >= 11 is 0. The van der Waals surface area contributed by atoms with Crippen LogP contribution < -0.4 is 9.47 Å². The molecule has 1 aliphatic heterocycles. The van der Waals surface area contributed by atoms with Gasteiger partial charge in [-0.2, -0.15) is 0 Å². The van der Waals surface area contributed by atoms with Gasteiger partial charge in [-0.15, -0.1) is 0 Å². The summed E-state index contributed by atoms with van der Waals surface area (Å²) in [5, 5.41) is 0. The molecule has 5 heteroatoms. The Bertz CT molecular complexity index is 505. The van der Waals surface area contributed by atoms with Crippen molar-refractivity contribution in [2.75, 3.05) is 27.4 Å². The van der Waals surface area contributed by atoms with Crippen LogP contribution in [0.4, 0.5) is 0 Å². The number of rotatable bonds is 3. The molecule has 1 unspecified atom stereocenters. The van der Waals surface area contributed by atoms with Gasteiger partial charge in [-0.3, -0.25) is 4.79 Å². The van der Waals surface area contributed by atoms with Gasteiger partial charge in [0, 0.05) is 18.2 Å². The van der Waals surface area contributed by atoms with Crippen LogP contribution in [0.5, 0.6) is 11.5 Å². The Morgan fingerprint density at radius 1 is 1.24 bits per heavy atom. The lowest BCUT2D eigenvalue weighted by molar-refractivity contribution is -0.0756. The van der Waals surface area contributed by atoms with Crippen molar-refractivity contribution in [1.82, 2.24) is 4.90 Å². The molecule has 0 saturated carbocycles. The second-order valence-electron chi connectivity index (χ2n) is 5.95. The van der Waals surface area contributed by atoms with Crippen LogP contribution in [0.1, 0.15) is 31.1 Å². The molecule has 0 radical (unpaired) electrons. The van der Waals surface area contributed by atoms with Gasteiger partial charge in [0.25, 0.3) is 5.91 Å². The van der Waals surface area contributed by atoms with E-state index in [2.05, 4.69) is 0 Å². The van der Waals surface area contributed by atoms with Crippen LogP contribution in [0.3, 0.4) is 0 Å². The van der Waals surface area contributed by atoms with E-state index in [9.17, 15) is 4.79 Å². The Balaban J connectivity index is 2.34. The molecule has 0 bridgehead atoms. The van der Waals surface area contributed by atoms with E-state index in [4.69, 9.17) is 14.2 Å². The maximum atomic E-state index is 12.9. The van der Waals surface area contributed by atoms with Gasteiger partial charge in [-0.1, -0.05) is 0 Å². The molecule has 1 saturated heterocycles. The van der Waals surface area contributed by atoms with Crippen molar-refractivity contribution in [1.29, 1.82) is 0 Å². The normalized spacial score (nSPS) is 21.0. The number of hydrogen-bond acceptors (Lipinski definition) is 4. The summed E-state index contributed by atoms with van der Waals surface area (Å²) in [5.74, 6) is 1.18. The highest BCUT2D eigenvalue weighted by Crippen LogP contribution is 2.28. The Labute approximate surface area is 125 Å². The molecule has 2 rings (SSSR count). The fraction of sp³-hybridized carbons (Fsp3) is 0.562. The Morgan fingerprint density at radius 2 is 1.81 bits per heavy atom. The number of hydrogen-bond donors (Lipinski definition) is 0. The fourth-order valence-corrected chi connectivity index (χ4v) is 2.43. The van der Waals surface area contributed by atoms with Gasteiger partial charge in [0.2, 0.25) is 0 Å². The largest absolute Gasteiger partial charge is 0.497 e. The smallest absolute Gasteiger partial charge is 0.254 e. The van der Waals surface area contributed by atoms with Crippen LogP contribution in [-0.4, -0.2) is 49.8 Å². The van der Waals surface area contributed by atoms with E-state index in [1.807, 2.05) is 25.7 Å². The van der Waals surface area contributed by atoms with Gasteiger partial charge in [-0.25, -0.2) is 0 Å². The van der Waals surface area contributed by atoms with Gasteiger partial charge in [0.15, 0.2) is 0 Å². The first-order chi connectivity index (χ1) is 9.87. The molecule has 1 aromatic carbocycles. The third-order valence-corrected chi connectivity index (χ3v) is 3.74. The number of methoxy groups -OCH3 is 2. The van der Waals surface area contributed by atoms with Crippen LogP contribution in [0.2, 0.25) is 0 Å². The molecule has 116 valence electrons. The van der Waals surface area contributed by atoms with Crippen molar-refractivity contribution in [3.8, 4) is 11.5 Å². The lowest BCUT2D eigenvalue weighted by atomic mass is 9.99. The standard InChI is InChI=1S/C16H23NO4/c1-11-9-17(16(2,3)10-21-11)15(18)12-6-13(19-4)8-14(7-12)20-5/h6-8,11H,9-10H2,1-5H3. The van der Waals surface area contributed by atoms with Crippen molar-refractivity contribution in [3.63, 3.8) is 0 Å². The van der Waals surface area contributed by atoms with Crippen molar-refractivity contribution in [2.24, 2.45) is 0 Å². The van der Waals surface area contributed by atoms with Crippen molar-refractivity contribution < 1.29 is 19.0 Å². The number of nitrogens with zero attached hydrogens (tertiary/aromatic N) is 1. The molecule has 1 aliphatic rings. The van der Waals surface area contributed by atoms with Gasteiger partial charge in [0.05, 0.1) is 32.5 Å². The number of carbonyl (C=O) groups is 1. The van der Waals surface area contributed by atoms with Crippen LogP contribution in [0, 0.1) is 0 Å². The first-order valence-corrected chi connectivity index (χ1v) is 7.04. The van der Waals surface area contributed by atoms with Crippen molar-refractivity contribution in [3.05, 3.63) is 23.8 Å². The SMILES string of the molecule is COc1cc(OC)cc(C(=O)N2CC(C)OCC2(C)C)c1. The molecule has 1 atom stereocenters. The summed E-state index contributed by atoms with van der Waals surface area (Å²) in [6.45, 7) is 7.09. The van der Waals surface area contributed by atoms with E-state index < -0.39 is 0 Å². The predicted molar refractivity (Wildman–Crippen MR) is 80.1 cm³/mol. The molecule has 1 amide bonds. The summed E-state index contributed by atoms with van der Waals surface area (Å²) in [4.78, 5) is 14.7. The molecule has 0 N–H and O–H groups in total. The van der Waals surface area contributed by atoms with E-state index in [-0.39, 0.29) is 17.6 Å². The lowest BCUT2D eigenvalue weighted by Crippen LogP contribution is -2.57. The fourth-order valence-electron chi connectivity index (χ4n) is 2.43. The minimum atomic E-state index is -0.333. The van der Waals surface area contributed by atoms with Gasteiger partial charge in [0.1, 0.15) is 11.5 Å². The average molecular weight is 293 g/mol. The number of benzene rings is 1. The van der Waals surface area contributed by atoms with Crippen molar-refractivity contribution in [2.45, 2.75) is 32.4 Å².